The highest BCUT2D eigenvalue weighted by molar-refractivity contribution is 8.00. The van der Waals surface area contributed by atoms with Gasteiger partial charge in [-0.2, -0.15) is 0 Å². The molecule has 1 fully saturated rings. The Kier molecular flexibility index (Phi) is 7.98. The first-order valence-corrected chi connectivity index (χ1v) is 10.7. The predicted molar refractivity (Wildman–Crippen MR) is 117 cm³/mol. The number of nitrogens with one attached hydrogen (secondary N) is 2. The molecule has 160 valence electrons. The highest BCUT2D eigenvalue weighted by atomic mass is 32.2. The van der Waals surface area contributed by atoms with E-state index in [9.17, 15) is 9.59 Å². The number of anilines is 1. The van der Waals surface area contributed by atoms with Crippen molar-refractivity contribution in [3.8, 4) is 11.5 Å². The zero-order chi connectivity index (χ0) is 21.3. The van der Waals surface area contributed by atoms with Crippen LogP contribution >= 0.6 is 11.8 Å². The molecule has 30 heavy (non-hydrogen) atoms. The van der Waals surface area contributed by atoms with Gasteiger partial charge in [0.15, 0.2) is 11.5 Å². The van der Waals surface area contributed by atoms with Gasteiger partial charge >= 0.3 is 0 Å². The monoisotopic (exact) mass is 430 g/mol. The van der Waals surface area contributed by atoms with Gasteiger partial charge in [-0.3, -0.25) is 9.59 Å². The molecule has 0 saturated carbocycles. The van der Waals surface area contributed by atoms with Crippen molar-refractivity contribution < 1.29 is 23.8 Å². The molecular weight excluding hydrogens is 404 g/mol. The van der Waals surface area contributed by atoms with Crippen LogP contribution in [0.4, 0.5) is 5.69 Å². The topological polar surface area (TPSA) is 85.9 Å². The van der Waals surface area contributed by atoms with Crippen LogP contribution in [0.15, 0.2) is 47.4 Å². The van der Waals surface area contributed by atoms with Gasteiger partial charge < -0.3 is 24.8 Å². The van der Waals surface area contributed by atoms with Gasteiger partial charge in [-0.15, -0.1) is 11.8 Å². The van der Waals surface area contributed by atoms with Crippen LogP contribution in [0, 0.1) is 0 Å². The number of carbonyl (C=O) groups is 2. The number of hydrogen-bond donors (Lipinski definition) is 2. The lowest BCUT2D eigenvalue weighted by atomic mass is 10.2. The maximum atomic E-state index is 12.6. The van der Waals surface area contributed by atoms with Crippen molar-refractivity contribution >= 4 is 29.3 Å². The van der Waals surface area contributed by atoms with E-state index in [4.69, 9.17) is 14.2 Å². The number of amides is 2. The third-order valence-electron chi connectivity index (χ3n) is 4.67. The van der Waals surface area contributed by atoms with Crippen LogP contribution < -0.4 is 20.1 Å². The molecule has 0 radical (unpaired) electrons. The van der Waals surface area contributed by atoms with Gasteiger partial charge in [0.2, 0.25) is 5.91 Å². The molecule has 2 aromatic carbocycles. The number of methoxy groups -OCH3 is 2. The van der Waals surface area contributed by atoms with Crippen molar-refractivity contribution in [3.63, 3.8) is 0 Å². The standard InChI is InChI=1S/C22H26N2O5S/c1-27-18-10-9-15(12-19(18)28-2)24-21(25)14-30-20-8-4-3-7-17(20)22(26)23-13-16-6-5-11-29-16/h3-4,7-10,12,16H,5-6,11,13-14H2,1-2H3,(H,23,26)(H,24,25). The summed E-state index contributed by atoms with van der Waals surface area (Å²) in [4.78, 5) is 25.7. The molecule has 0 bridgehead atoms. The Labute approximate surface area is 180 Å². The molecular formula is C22H26N2O5S. The summed E-state index contributed by atoms with van der Waals surface area (Å²) in [6.45, 7) is 1.25. The second-order valence-corrected chi connectivity index (χ2v) is 7.77. The Morgan fingerprint density at radius 2 is 1.93 bits per heavy atom. The lowest BCUT2D eigenvalue weighted by molar-refractivity contribution is -0.113. The van der Waals surface area contributed by atoms with Gasteiger partial charge in [0.1, 0.15) is 0 Å². The Morgan fingerprint density at radius 3 is 2.67 bits per heavy atom. The van der Waals surface area contributed by atoms with E-state index in [1.54, 1.807) is 38.5 Å². The summed E-state index contributed by atoms with van der Waals surface area (Å²) in [5.74, 6) is 0.962. The van der Waals surface area contributed by atoms with E-state index in [-0.39, 0.29) is 23.7 Å². The average Bonchev–Trinajstić information content (AvgIpc) is 3.30. The molecule has 0 aromatic heterocycles. The molecule has 1 atom stereocenters. The maximum Gasteiger partial charge on any atom is 0.252 e. The Morgan fingerprint density at radius 1 is 1.13 bits per heavy atom. The van der Waals surface area contributed by atoms with E-state index in [0.717, 1.165) is 24.3 Å². The Hall–Kier alpha value is -2.71. The predicted octanol–water partition coefficient (Wildman–Crippen LogP) is 3.34. The van der Waals surface area contributed by atoms with Crippen LogP contribution in [-0.4, -0.2) is 51.0 Å². The normalized spacial score (nSPS) is 15.5. The van der Waals surface area contributed by atoms with Crippen molar-refractivity contribution in [1.82, 2.24) is 5.32 Å². The Bertz CT molecular complexity index is 884. The van der Waals surface area contributed by atoms with E-state index in [1.807, 2.05) is 18.2 Å². The minimum atomic E-state index is -0.179. The summed E-state index contributed by atoms with van der Waals surface area (Å²) < 4.78 is 16.0. The number of hydrogen-bond acceptors (Lipinski definition) is 6. The summed E-state index contributed by atoms with van der Waals surface area (Å²) in [6.07, 6.45) is 2.08. The highest BCUT2D eigenvalue weighted by Gasteiger charge is 2.18. The molecule has 7 nitrogen and oxygen atoms in total. The fourth-order valence-corrected chi connectivity index (χ4v) is 3.99. The van der Waals surface area contributed by atoms with Gasteiger partial charge in [0.05, 0.1) is 31.6 Å². The number of thioether (sulfide) groups is 1. The van der Waals surface area contributed by atoms with Gasteiger partial charge in [-0.25, -0.2) is 0 Å². The summed E-state index contributed by atoms with van der Waals surface area (Å²) >= 11 is 1.32. The highest BCUT2D eigenvalue weighted by Crippen LogP contribution is 2.30. The minimum absolute atomic E-state index is 0.0843. The number of carbonyl (C=O) groups excluding carboxylic acids is 2. The van der Waals surface area contributed by atoms with Crippen molar-refractivity contribution in [1.29, 1.82) is 0 Å². The summed E-state index contributed by atoms with van der Waals surface area (Å²) in [5.41, 5.74) is 1.17. The summed E-state index contributed by atoms with van der Waals surface area (Å²) in [6, 6.07) is 12.5. The fraction of sp³-hybridized carbons (Fsp3) is 0.364. The van der Waals surface area contributed by atoms with Crippen LogP contribution in [0.1, 0.15) is 23.2 Å². The first kappa shape index (κ1) is 22.0. The molecule has 8 heteroatoms. The van der Waals surface area contributed by atoms with Crippen LogP contribution in [0.25, 0.3) is 0 Å². The first-order chi connectivity index (χ1) is 14.6. The SMILES string of the molecule is COc1ccc(NC(=O)CSc2ccccc2C(=O)NCC2CCCO2)cc1OC. The summed E-state index contributed by atoms with van der Waals surface area (Å²) in [7, 11) is 3.10. The first-order valence-electron chi connectivity index (χ1n) is 9.74. The largest absolute Gasteiger partial charge is 0.493 e. The lowest BCUT2D eigenvalue weighted by Crippen LogP contribution is -2.32. The van der Waals surface area contributed by atoms with E-state index >= 15 is 0 Å². The minimum Gasteiger partial charge on any atom is -0.493 e. The van der Waals surface area contributed by atoms with Gasteiger partial charge in [-0.05, 0) is 37.1 Å². The number of rotatable bonds is 9. The molecule has 2 amide bonds. The summed E-state index contributed by atoms with van der Waals surface area (Å²) in [5, 5.41) is 5.77. The third kappa shape index (κ3) is 5.90. The van der Waals surface area contributed by atoms with Crippen molar-refractivity contribution in [2.24, 2.45) is 0 Å². The van der Waals surface area contributed by atoms with Gasteiger partial charge in [0, 0.05) is 29.8 Å². The van der Waals surface area contributed by atoms with Gasteiger partial charge in [0.25, 0.3) is 5.91 Å². The maximum absolute atomic E-state index is 12.6. The molecule has 2 aromatic rings. The second kappa shape index (κ2) is 10.9. The van der Waals surface area contributed by atoms with Crippen molar-refractivity contribution in [3.05, 3.63) is 48.0 Å². The molecule has 1 saturated heterocycles. The molecule has 3 rings (SSSR count). The number of benzene rings is 2. The number of ether oxygens (including phenoxy) is 3. The fourth-order valence-electron chi connectivity index (χ4n) is 3.14. The molecule has 0 spiro atoms. The smallest absolute Gasteiger partial charge is 0.252 e. The molecule has 0 aliphatic carbocycles. The second-order valence-electron chi connectivity index (χ2n) is 6.75. The third-order valence-corrected chi connectivity index (χ3v) is 5.75. The van der Waals surface area contributed by atoms with Gasteiger partial charge in [-0.1, -0.05) is 12.1 Å². The molecule has 1 heterocycles. The van der Waals surface area contributed by atoms with E-state index in [0.29, 0.717) is 29.3 Å². The molecule has 1 aliphatic heterocycles. The zero-order valence-corrected chi connectivity index (χ0v) is 17.9. The van der Waals surface area contributed by atoms with E-state index in [1.165, 1.54) is 11.8 Å². The zero-order valence-electron chi connectivity index (χ0n) is 17.1. The van der Waals surface area contributed by atoms with Crippen molar-refractivity contribution in [2.75, 3.05) is 38.4 Å². The average molecular weight is 431 g/mol. The molecule has 2 N–H and O–H groups in total. The van der Waals surface area contributed by atoms with Crippen LogP contribution in [-0.2, 0) is 9.53 Å². The van der Waals surface area contributed by atoms with E-state index in [2.05, 4.69) is 10.6 Å². The van der Waals surface area contributed by atoms with Crippen LogP contribution in [0.2, 0.25) is 0 Å². The van der Waals surface area contributed by atoms with E-state index < -0.39 is 0 Å². The molecule has 1 aliphatic rings. The molecule has 1 unspecified atom stereocenters. The lowest BCUT2D eigenvalue weighted by Gasteiger charge is -2.13. The van der Waals surface area contributed by atoms with Crippen LogP contribution in [0.3, 0.4) is 0 Å². The van der Waals surface area contributed by atoms with Crippen LogP contribution in [0.5, 0.6) is 11.5 Å². The Balaban J connectivity index is 1.56. The van der Waals surface area contributed by atoms with Crippen molar-refractivity contribution in [2.45, 2.75) is 23.8 Å². The quantitative estimate of drug-likeness (QED) is 0.594.